The number of nitrogens with zero attached hydrogens (tertiary/aromatic N) is 3. The van der Waals surface area contributed by atoms with Crippen LogP contribution < -0.4 is 5.32 Å². The van der Waals surface area contributed by atoms with Crippen LogP contribution >= 0.6 is 0 Å². The van der Waals surface area contributed by atoms with Crippen LogP contribution in [-0.2, 0) is 0 Å². The summed E-state index contributed by atoms with van der Waals surface area (Å²) >= 11 is 0. The van der Waals surface area contributed by atoms with Crippen molar-refractivity contribution in [2.45, 2.75) is 25.4 Å². The molecule has 0 atom stereocenters. The van der Waals surface area contributed by atoms with Crippen LogP contribution in [0.3, 0.4) is 0 Å². The molecule has 1 N–H and O–H groups in total. The van der Waals surface area contributed by atoms with Gasteiger partial charge in [0.25, 0.3) is 0 Å². The molecule has 116 valence electrons. The fourth-order valence-electron chi connectivity index (χ4n) is 2.80. The molecule has 0 spiro atoms. The summed E-state index contributed by atoms with van der Waals surface area (Å²) in [7, 11) is 2.01. The zero-order valence-electron chi connectivity index (χ0n) is 11.9. The van der Waals surface area contributed by atoms with Crippen LogP contribution in [0.2, 0.25) is 0 Å². The van der Waals surface area contributed by atoms with Gasteiger partial charge in [-0.15, -0.1) is 0 Å². The van der Waals surface area contributed by atoms with Crippen LogP contribution in [-0.4, -0.2) is 68.3 Å². The van der Waals surface area contributed by atoms with Crippen molar-refractivity contribution in [2.75, 3.05) is 46.3 Å². The van der Waals surface area contributed by atoms with Gasteiger partial charge in [0.2, 0.25) is 0 Å². The van der Waals surface area contributed by atoms with Crippen molar-refractivity contribution < 1.29 is 13.2 Å². The predicted octanol–water partition coefficient (Wildman–Crippen LogP) is 1.54. The Labute approximate surface area is 118 Å². The zero-order chi connectivity index (χ0) is 14.6. The summed E-state index contributed by atoms with van der Waals surface area (Å²) in [6.07, 6.45) is -1.34. The first-order valence-electron chi connectivity index (χ1n) is 7.22. The minimum Gasteiger partial charge on any atom is -0.356 e. The largest absolute Gasteiger partial charge is 0.401 e. The van der Waals surface area contributed by atoms with E-state index in [1.807, 2.05) is 7.05 Å². The highest BCUT2D eigenvalue weighted by molar-refractivity contribution is 5.81. The molecule has 4 nitrogen and oxygen atoms in total. The monoisotopic (exact) mass is 292 g/mol. The van der Waals surface area contributed by atoms with E-state index in [1.54, 1.807) is 0 Å². The van der Waals surface area contributed by atoms with Gasteiger partial charge in [-0.3, -0.25) is 9.89 Å². The van der Waals surface area contributed by atoms with E-state index in [2.05, 4.69) is 15.2 Å². The van der Waals surface area contributed by atoms with Crippen LogP contribution in [0.4, 0.5) is 13.2 Å². The molecule has 20 heavy (non-hydrogen) atoms. The second-order valence-corrected chi connectivity index (χ2v) is 5.68. The number of likely N-dealkylation sites (tertiary alicyclic amines) is 1. The molecule has 0 amide bonds. The van der Waals surface area contributed by atoms with Crippen molar-refractivity contribution >= 4 is 5.96 Å². The van der Waals surface area contributed by atoms with Gasteiger partial charge < -0.3 is 10.2 Å². The molecule has 0 aromatic heterocycles. The number of piperidine rings is 1. The van der Waals surface area contributed by atoms with Gasteiger partial charge in [-0.2, -0.15) is 13.2 Å². The molecule has 2 heterocycles. The molecule has 0 aromatic carbocycles. The average molecular weight is 292 g/mol. The highest BCUT2D eigenvalue weighted by Crippen LogP contribution is 2.23. The Balaban J connectivity index is 1.60. The Kier molecular flexibility index (Phi) is 5.12. The third-order valence-electron chi connectivity index (χ3n) is 4.00. The summed E-state index contributed by atoms with van der Waals surface area (Å²) in [5.41, 5.74) is 0. The van der Waals surface area contributed by atoms with Crippen molar-refractivity contribution in [3.05, 3.63) is 0 Å². The minimum absolute atomic E-state index is 0.527. The van der Waals surface area contributed by atoms with Crippen LogP contribution in [0.25, 0.3) is 0 Å². The average Bonchev–Trinajstić information content (AvgIpc) is 2.76. The Hall–Kier alpha value is -0.980. The van der Waals surface area contributed by atoms with E-state index < -0.39 is 12.7 Å². The normalized spacial score (nSPS) is 22.2. The first-order valence-corrected chi connectivity index (χ1v) is 7.22. The number of alkyl halides is 3. The first-order chi connectivity index (χ1) is 9.44. The predicted molar refractivity (Wildman–Crippen MR) is 72.8 cm³/mol. The van der Waals surface area contributed by atoms with Crippen LogP contribution in [0, 0.1) is 5.92 Å². The molecule has 1 fully saturated rings. The maximum atomic E-state index is 12.3. The summed E-state index contributed by atoms with van der Waals surface area (Å²) in [5.74, 6) is 1.47. The lowest BCUT2D eigenvalue weighted by molar-refractivity contribution is -0.148. The van der Waals surface area contributed by atoms with Gasteiger partial charge in [0.15, 0.2) is 5.96 Å². The van der Waals surface area contributed by atoms with Gasteiger partial charge in [0, 0.05) is 20.1 Å². The first kappa shape index (κ1) is 15.4. The molecular formula is C13H23F3N4. The maximum absolute atomic E-state index is 12.3. The van der Waals surface area contributed by atoms with E-state index in [-0.39, 0.29) is 0 Å². The molecule has 0 radical (unpaired) electrons. The van der Waals surface area contributed by atoms with Crippen molar-refractivity contribution in [2.24, 2.45) is 10.9 Å². The SMILES string of the molecule is CN1CCN=C1NCCC1CCN(CC(F)(F)F)CC1. The minimum atomic E-state index is -4.07. The molecular weight excluding hydrogens is 269 g/mol. The third-order valence-corrected chi connectivity index (χ3v) is 4.00. The van der Waals surface area contributed by atoms with Crippen molar-refractivity contribution in [3.63, 3.8) is 0 Å². The highest BCUT2D eigenvalue weighted by Gasteiger charge is 2.32. The summed E-state index contributed by atoms with van der Waals surface area (Å²) in [6, 6.07) is 0. The Morgan fingerprint density at radius 1 is 1.25 bits per heavy atom. The van der Waals surface area contributed by atoms with E-state index in [1.165, 1.54) is 4.90 Å². The smallest absolute Gasteiger partial charge is 0.356 e. The second-order valence-electron chi connectivity index (χ2n) is 5.68. The Bertz CT molecular complexity index is 335. The van der Waals surface area contributed by atoms with Crippen LogP contribution in [0.5, 0.6) is 0 Å². The number of hydrogen-bond donors (Lipinski definition) is 1. The number of likely N-dealkylation sites (N-methyl/N-ethyl adjacent to an activating group) is 1. The highest BCUT2D eigenvalue weighted by atomic mass is 19.4. The topological polar surface area (TPSA) is 30.9 Å². The van der Waals surface area contributed by atoms with E-state index in [0.29, 0.717) is 19.0 Å². The molecule has 7 heteroatoms. The maximum Gasteiger partial charge on any atom is 0.401 e. The number of hydrogen-bond acceptors (Lipinski definition) is 4. The summed E-state index contributed by atoms with van der Waals surface area (Å²) in [6.45, 7) is 3.01. The molecule has 0 aliphatic carbocycles. The van der Waals surface area contributed by atoms with Crippen molar-refractivity contribution in [1.29, 1.82) is 0 Å². The van der Waals surface area contributed by atoms with Crippen molar-refractivity contribution in [3.8, 4) is 0 Å². The fraction of sp³-hybridized carbons (Fsp3) is 0.923. The molecule has 0 saturated carbocycles. The van der Waals surface area contributed by atoms with Gasteiger partial charge in [-0.1, -0.05) is 0 Å². The number of aliphatic imine (C=N–C) groups is 1. The quantitative estimate of drug-likeness (QED) is 0.853. The lowest BCUT2D eigenvalue weighted by Gasteiger charge is -2.32. The number of halogens is 3. The van der Waals surface area contributed by atoms with Gasteiger partial charge in [0.1, 0.15) is 0 Å². The number of rotatable bonds is 4. The summed E-state index contributed by atoms with van der Waals surface area (Å²) < 4.78 is 36.8. The number of guanidine groups is 1. The molecule has 0 unspecified atom stereocenters. The lowest BCUT2D eigenvalue weighted by atomic mass is 9.93. The van der Waals surface area contributed by atoms with E-state index in [9.17, 15) is 13.2 Å². The lowest BCUT2D eigenvalue weighted by Crippen LogP contribution is -2.41. The summed E-state index contributed by atoms with van der Waals surface area (Å²) in [5, 5.41) is 3.31. The molecule has 2 rings (SSSR count). The second kappa shape index (κ2) is 6.65. The Morgan fingerprint density at radius 3 is 2.50 bits per heavy atom. The molecule has 0 aromatic rings. The molecule has 0 bridgehead atoms. The van der Waals surface area contributed by atoms with Crippen LogP contribution in [0.15, 0.2) is 4.99 Å². The van der Waals surface area contributed by atoms with Gasteiger partial charge in [-0.25, -0.2) is 0 Å². The number of nitrogens with one attached hydrogen (secondary N) is 1. The standard InChI is InChI=1S/C13H23F3N4/c1-19-9-6-18-12(19)17-5-2-11-3-7-20(8-4-11)10-13(14,15)16/h11H,2-10H2,1H3,(H,17,18). The van der Waals surface area contributed by atoms with Gasteiger partial charge in [0.05, 0.1) is 13.1 Å². The molecule has 2 aliphatic rings. The van der Waals surface area contributed by atoms with E-state index in [0.717, 1.165) is 44.9 Å². The fourth-order valence-corrected chi connectivity index (χ4v) is 2.80. The van der Waals surface area contributed by atoms with E-state index >= 15 is 0 Å². The third kappa shape index (κ3) is 4.85. The summed E-state index contributed by atoms with van der Waals surface area (Å²) in [4.78, 5) is 7.95. The Morgan fingerprint density at radius 2 is 1.95 bits per heavy atom. The van der Waals surface area contributed by atoms with Gasteiger partial charge >= 0.3 is 6.18 Å². The van der Waals surface area contributed by atoms with E-state index in [4.69, 9.17) is 0 Å². The zero-order valence-corrected chi connectivity index (χ0v) is 11.9. The molecule has 1 saturated heterocycles. The van der Waals surface area contributed by atoms with Crippen molar-refractivity contribution in [1.82, 2.24) is 15.1 Å². The van der Waals surface area contributed by atoms with Gasteiger partial charge in [-0.05, 0) is 38.3 Å². The molecule has 2 aliphatic heterocycles. The van der Waals surface area contributed by atoms with Crippen LogP contribution in [0.1, 0.15) is 19.3 Å².